The molecule has 1 heterocycles. The number of fused-ring (bicyclic) bond motifs is 1. The topological polar surface area (TPSA) is 30.3 Å². The number of rotatable bonds is 5. The molecule has 0 saturated carbocycles. The lowest BCUT2D eigenvalue weighted by atomic mass is 10.2. The van der Waals surface area contributed by atoms with Crippen LogP contribution in [0.3, 0.4) is 0 Å². The molecule has 2 unspecified atom stereocenters. The average molecular weight is 296 g/mol. The van der Waals surface area contributed by atoms with Gasteiger partial charge in [0.1, 0.15) is 11.6 Å². The van der Waals surface area contributed by atoms with Crippen LogP contribution < -0.4 is 4.74 Å². The number of hydrogen-bond acceptors (Lipinski definition) is 3. The van der Waals surface area contributed by atoms with Gasteiger partial charge in [0, 0.05) is 18.7 Å². The zero-order chi connectivity index (χ0) is 14.9. The second kappa shape index (κ2) is 6.02. The van der Waals surface area contributed by atoms with Gasteiger partial charge < -0.3 is 14.2 Å². The van der Waals surface area contributed by atoms with E-state index in [2.05, 4.69) is 35.5 Å². The van der Waals surface area contributed by atoms with Gasteiger partial charge in [-0.05, 0) is 40.1 Å². The van der Waals surface area contributed by atoms with Crippen LogP contribution in [0.15, 0.2) is 18.2 Å². The Morgan fingerprint density at radius 1 is 1.35 bits per heavy atom. The Hall–Kier alpha value is -1.26. The number of likely N-dealkylation sites (N-methyl/N-ethyl adjacent to an activating group) is 1. The molecule has 0 aliphatic heterocycles. The summed E-state index contributed by atoms with van der Waals surface area (Å²) in [5, 5.41) is -0.127. The Bertz CT molecular complexity index is 592. The number of aromatic nitrogens is 2. The van der Waals surface area contributed by atoms with E-state index in [1.54, 1.807) is 7.11 Å². The van der Waals surface area contributed by atoms with Crippen molar-refractivity contribution in [3.8, 4) is 5.75 Å². The van der Waals surface area contributed by atoms with Crippen LogP contribution in [0.25, 0.3) is 11.0 Å². The van der Waals surface area contributed by atoms with Crippen LogP contribution in [-0.4, -0.2) is 42.2 Å². The molecule has 0 bridgehead atoms. The fourth-order valence-corrected chi connectivity index (χ4v) is 2.73. The molecule has 4 nitrogen and oxygen atoms in total. The van der Waals surface area contributed by atoms with Crippen molar-refractivity contribution in [1.29, 1.82) is 0 Å². The summed E-state index contributed by atoms with van der Waals surface area (Å²) in [6, 6.07) is 6.23. The summed E-state index contributed by atoms with van der Waals surface area (Å²) >= 11 is 6.31. The molecular weight excluding hydrogens is 274 g/mol. The molecule has 0 radical (unpaired) electrons. The van der Waals surface area contributed by atoms with Crippen molar-refractivity contribution < 1.29 is 4.74 Å². The Balaban J connectivity index is 2.59. The number of methoxy groups -OCH3 is 1. The average Bonchev–Trinajstić information content (AvgIpc) is 2.76. The lowest BCUT2D eigenvalue weighted by Crippen LogP contribution is -2.23. The Morgan fingerprint density at radius 3 is 2.60 bits per heavy atom. The first-order valence-corrected chi connectivity index (χ1v) is 7.22. The highest BCUT2D eigenvalue weighted by molar-refractivity contribution is 6.20. The maximum atomic E-state index is 6.31. The molecule has 0 N–H and O–H groups in total. The van der Waals surface area contributed by atoms with Gasteiger partial charge in [0.2, 0.25) is 0 Å². The molecule has 0 spiro atoms. The maximum Gasteiger partial charge on any atom is 0.128 e. The van der Waals surface area contributed by atoms with E-state index >= 15 is 0 Å². The summed E-state index contributed by atoms with van der Waals surface area (Å²) in [5.74, 6) is 1.74. The highest BCUT2D eigenvalue weighted by atomic mass is 35.5. The first kappa shape index (κ1) is 15.1. The van der Waals surface area contributed by atoms with E-state index in [0.29, 0.717) is 6.04 Å². The van der Waals surface area contributed by atoms with Gasteiger partial charge in [-0.1, -0.05) is 0 Å². The van der Waals surface area contributed by atoms with Crippen molar-refractivity contribution in [3.63, 3.8) is 0 Å². The predicted octanol–water partition coefficient (Wildman–Crippen LogP) is 3.47. The third kappa shape index (κ3) is 2.91. The van der Waals surface area contributed by atoms with Crippen molar-refractivity contribution >= 4 is 22.6 Å². The number of benzene rings is 1. The van der Waals surface area contributed by atoms with E-state index in [-0.39, 0.29) is 5.38 Å². The molecule has 5 heteroatoms. The quantitative estimate of drug-likeness (QED) is 0.791. The minimum absolute atomic E-state index is 0.127. The monoisotopic (exact) mass is 295 g/mol. The van der Waals surface area contributed by atoms with Crippen LogP contribution in [0, 0.1) is 0 Å². The molecule has 1 aromatic heterocycles. The van der Waals surface area contributed by atoms with Gasteiger partial charge >= 0.3 is 0 Å². The van der Waals surface area contributed by atoms with Crippen LogP contribution in [0.2, 0.25) is 0 Å². The Labute approximate surface area is 125 Å². The number of hydrogen-bond donors (Lipinski definition) is 0. The minimum atomic E-state index is -0.127. The molecule has 2 rings (SSSR count). The Morgan fingerprint density at radius 2 is 2.05 bits per heavy atom. The van der Waals surface area contributed by atoms with Gasteiger partial charge in [-0.25, -0.2) is 4.98 Å². The fourth-order valence-electron chi connectivity index (χ4n) is 2.57. The van der Waals surface area contributed by atoms with E-state index in [0.717, 1.165) is 29.2 Å². The molecule has 0 amide bonds. The van der Waals surface area contributed by atoms with E-state index in [1.807, 2.05) is 25.1 Å². The van der Waals surface area contributed by atoms with Crippen molar-refractivity contribution in [1.82, 2.24) is 14.5 Å². The van der Waals surface area contributed by atoms with Gasteiger partial charge in [-0.3, -0.25) is 0 Å². The van der Waals surface area contributed by atoms with Crippen LogP contribution in [0.5, 0.6) is 5.75 Å². The maximum absolute atomic E-state index is 6.31. The van der Waals surface area contributed by atoms with Crippen molar-refractivity contribution in [2.24, 2.45) is 0 Å². The highest BCUT2D eigenvalue weighted by Gasteiger charge is 2.19. The summed E-state index contributed by atoms with van der Waals surface area (Å²) in [4.78, 5) is 6.84. The zero-order valence-electron chi connectivity index (χ0n) is 12.7. The third-order valence-corrected chi connectivity index (χ3v) is 3.55. The lowest BCUT2D eigenvalue weighted by Gasteiger charge is -2.22. The van der Waals surface area contributed by atoms with Crippen molar-refractivity contribution in [2.75, 3.05) is 27.7 Å². The molecule has 0 saturated heterocycles. The standard InChI is InChI=1S/C15H22ClN3O/c1-10(9-18(3)4)19-14-8-12(20-5)6-7-13(14)17-15(19)11(2)16/h6-8,10-11H,9H2,1-5H3. The summed E-state index contributed by atoms with van der Waals surface area (Å²) in [7, 11) is 5.82. The number of alkyl halides is 1. The largest absolute Gasteiger partial charge is 0.497 e. The van der Waals surface area contributed by atoms with Crippen LogP contribution >= 0.6 is 11.6 Å². The second-order valence-electron chi connectivity index (χ2n) is 5.42. The summed E-state index contributed by atoms with van der Waals surface area (Å²) < 4.78 is 7.54. The normalized spacial score (nSPS) is 14.8. The second-order valence-corrected chi connectivity index (χ2v) is 6.08. The fraction of sp³-hybridized carbons (Fsp3) is 0.533. The van der Waals surface area contributed by atoms with Gasteiger partial charge in [-0.2, -0.15) is 0 Å². The number of imidazole rings is 1. The lowest BCUT2D eigenvalue weighted by molar-refractivity contribution is 0.336. The van der Waals surface area contributed by atoms with Gasteiger partial charge in [-0.15, -0.1) is 11.6 Å². The van der Waals surface area contributed by atoms with Crippen molar-refractivity contribution in [3.05, 3.63) is 24.0 Å². The molecule has 1 aromatic carbocycles. The van der Waals surface area contributed by atoms with E-state index < -0.39 is 0 Å². The van der Waals surface area contributed by atoms with Gasteiger partial charge in [0.25, 0.3) is 0 Å². The SMILES string of the molecule is COc1ccc2nc(C(C)Cl)n(C(C)CN(C)C)c2c1. The number of halogens is 1. The molecule has 0 aliphatic carbocycles. The van der Waals surface area contributed by atoms with E-state index in [4.69, 9.17) is 16.3 Å². The Kier molecular flexibility index (Phi) is 4.55. The van der Waals surface area contributed by atoms with Crippen LogP contribution in [0.4, 0.5) is 0 Å². The van der Waals surface area contributed by atoms with E-state index in [9.17, 15) is 0 Å². The first-order valence-electron chi connectivity index (χ1n) is 6.78. The first-order chi connectivity index (χ1) is 9.43. The smallest absolute Gasteiger partial charge is 0.128 e. The molecule has 2 aromatic rings. The highest BCUT2D eigenvalue weighted by Crippen LogP contribution is 2.30. The molecule has 0 fully saturated rings. The van der Waals surface area contributed by atoms with Crippen molar-refractivity contribution in [2.45, 2.75) is 25.3 Å². The molecule has 20 heavy (non-hydrogen) atoms. The summed E-state index contributed by atoms with van der Waals surface area (Å²) in [6.07, 6.45) is 0. The minimum Gasteiger partial charge on any atom is -0.497 e. The van der Waals surface area contributed by atoms with Crippen LogP contribution in [0.1, 0.15) is 31.1 Å². The predicted molar refractivity (Wildman–Crippen MR) is 83.8 cm³/mol. The third-order valence-electron chi connectivity index (χ3n) is 3.35. The van der Waals surface area contributed by atoms with E-state index in [1.165, 1.54) is 0 Å². The summed E-state index contributed by atoms with van der Waals surface area (Å²) in [5.41, 5.74) is 2.03. The molecular formula is C15H22ClN3O. The molecule has 110 valence electrons. The zero-order valence-corrected chi connectivity index (χ0v) is 13.5. The number of ether oxygens (including phenoxy) is 1. The van der Waals surface area contributed by atoms with Crippen LogP contribution in [-0.2, 0) is 0 Å². The molecule has 2 atom stereocenters. The van der Waals surface area contributed by atoms with Gasteiger partial charge in [0.05, 0.1) is 23.5 Å². The molecule has 0 aliphatic rings. The summed E-state index contributed by atoms with van der Waals surface area (Å²) in [6.45, 7) is 5.07. The van der Waals surface area contributed by atoms with Gasteiger partial charge in [0.15, 0.2) is 0 Å². The number of nitrogens with zero attached hydrogens (tertiary/aromatic N) is 3.